The number of benzene rings is 3. The van der Waals surface area contributed by atoms with Crippen LogP contribution >= 0.6 is 23.4 Å². The molecule has 0 bridgehead atoms. The topological polar surface area (TPSA) is 37.4 Å². The van der Waals surface area contributed by atoms with Crippen molar-refractivity contribution in [2.24, 2.45) is 0 Å². The van der Waals surface area contributed by atoms with Crippen molar-refractivity contribution in [2.45, 2.75) is 6.54 Å². The second-order valence-corrected chi connectivity index (χ2v) is 7.89. The Kier molecular flexibility index (Phi) is 5.51. The summed E-state index contributed by atoms with van der Waals surface area (Å²) in [7, 11) is 0. The number of carbonyl (C=O) groups excluding carboxylic acids is 2. The third-order valence-electron chi connectivity index (χ3n) is 4.53. The van der Waals surface area contributed by atoms with Crippen molar-refractivity contribution >= 4 is 40.6 Å². The van der Waals surface area contributed by atoms with Crippen molar-refractivity contribution in [2.75, 3.05) is 0 Å². The number of carbonyl (C=O) groups is 2. The minimum atomic E-state index is -0.466. The first kappa shape index (κ1) is 19.4. The highest BCUT2D eigenvalue weighted by molar-refractivity contribution is 8.18. The predicted octanol–water partition coefficient (Wildman–Crippen LogP) is 6.38. The highest BCUT2D eigenvalue weighted by atomic mass is 35.5. The van der Waals surface area contributed by atoms with E-state index in [0.29, 0.717) is 10.5 Å². The lowest BCUT2D eigenvalue weighted by atomic mass is 10.0. The van der Waals surface area contributed by atoms with Crippen LogP contribution in [0.2, 0.25) is 5.02 Å². The predicted molar refractivity (Wildman–Crippen MR) is 115 cm³/mol. The first-order valence-corrected chi connectivity index (χ1v) is 10.1. The molecule has 3 nitrogen and oxygen atoms in total. The maximum Gasteiger partial charge on any atom is 0.293 e. The van der Waals surface area contributed by atoms with Crippen LogP contribution in [0, 0.1) is 5.82 Å². The van der Waals surface area contributed by atoms with E-state index in [-0.39, 0.29) is 22.7 Å². The monoisotopic (exact) mass is 423 g/mol. The Bertz CT molecular complexity index is 1110. The molecule has 0 saturated carbocycles. The van der Waals surface area contributed by atoms with Gasteiger partial charge in [0, 0.05) is 5.02 Å². The summed E-state index contributed by atoms with van der Waals surface area (Å²) in [6.45, 7) is 0.00800. The van der Waals surface area contributed by atoms with Gasteiger partial charge >= 0.3 is 0 Å². The van der Waals surface area contributed by atoms with Crippen LogP contribution in [0.1, 0.15) is 11.1 Å². The van der Waals surface area contributed by atoms with Gasteiger partial charge in [0.05, 0.1) is 11.4 Å². The molecule has 0 N–H and O–H groups in total. The second-order valence-electron chi connectivity index (χ2n) is 6.49. The van der Waals surface area contributed by atoms with Gasteiger partial charge in [-0.2, -0.15) is 0 Å². The molecule has 0 radical (unpaired) electrons. The zero-order valence-electron chi connectivity index (χ0n) is 15.1. The van der Waals surface area contributed by atoms with Gasteiger partial charge in [0.2, 0.25) is 0 Å². The molecule has 144 valence electrons. The molecule has 1 heterocycles. The van der Waals surface area contributed by atoms with Crippen molar-refractivity contribution in [1.82, 2.24) is 4.90 Å². The van der Waals surface area contributed by atoms with Crippen LogP contribution in [0.4, 0.5) is 9.18 Å². The summed E-state index contributed by atoms with van der Waals surface area (Å²) in [5.74, 6) is -0.848. The summed E-state index contributed by atoms with van der Waals surface area (Å²) >= 11 is 6.91. The molecule has 0 aliphatic carbocycles. The molecule has 3 aromatic rings. The fourth-order valence-corrected chi connectivity index (χ4v) is 4.08. The van der Waals surface area contributed by atoms with Crippen LogP contribution in [0.5, 0.6) is 0 Å². The lowest BCUT2D eigenvalue weighted by molar-refractivity contribution is -0.123. The highest BCUT2D eigenvalue weighted by Gasteiger charge is 2.35. The number of hydrogen-bond donors (Lipinski definition) is 0. The standard InChI is InChI=1S/C23H15ClFNO2S/c24-20-13-19(25)11-10-18(20)14-26-22(27)21(29-23(26)28)12-15-6-8-17(9-7-15)16-4-2-1-3-5-16/h1-13H,14H2/b21-12-. The normalized spacial score (nSPS) is 15.4. The summed E-state index contributed by atoms with van der Waals surface area (Å²) < 4.78 is 13.2. The van der Waals surface area contributed by atoms with Gasteiger partial charge in [0.15, 0.2) is 0 Å². The zero-order chi connectivity index (χ0) is 20.4. The molecule has 0 aromatic heterocycles. The Morgan fingerprint density at radius 1 is 0.931 bits per heavy atom. The molecular weight excluding hydrogens is 409 g/mol. The molecule has 1 fully saturated rings. The van der Waals surface area contributed by atoms with Crippen molar-refractivity contribution in [3.8, 4) is 11.1 Å². The SMILES string of the molecule is O=C1S/C(=C\c2ccc(-c3ccccc3)cc2)C(=O)N1Cc1ccc(F)cc1Cl. The summed E-state index contributed by atoms with van der Waals surface area (Å²) in [5, 5.41) is -0.188. The van der Waals surface area contributed by atoms with E-state index in [1.807, 2.05) is 54.6 Å². The zero-order valence-corrected chi connectivity index (χ0v) is 16.7. The van der Waals surface area contributed by atoms with Crippen LogP contribution in [-0.4, -0.2) is 16.0 Å². The average molecular weight is 424 g/mol. The number of thioether (sulfide) groups is 1. The molecule has 1 aliphatic rings. The molecule has 0 spiro atoms. The van der Waals surface area contributed by atoms with E-state index < -0.39 is 5.82 Å². The Balaban J connectivity index is 1.53. The number of halogens is 2. The summed E-state index contributed by atoms with van der Waals surface area (Å²) in [5.41, 5.74) is 3.52. The van der Waals surface area contributed by atoms with E-state index in [1.54, 1.807) is 6.08 Å². The first-order valence-electron chi connectivity index (χ1n) is 8.86. The third-order valence-corrected chi connectivity index (χ3v) is 5.79. The van der Waals surface area contributed by atoms with Crippen molar-refractivity contribution in [3.05, 3.63) is 99.7 Å². The summed E-state index contributed by atoms with van der Waals surface area (Å²) in [4.78, 5) is 26.5. The van der Waals surface area contributed by atoms with E-state index in [4.69, 9.17) is 11.6 Å². The van der Waals surface area contributed by atoms with Gasteiger partial charge < -0.3 is 0 Å². The maximum absolute atomic E-state index is 13.2. The quantitative estimate of drug-likeness (QED) is 0.457. The molecule has 2 amide bonds. The molecule has 3 aromatic carbocycles. The minimum absolute atomic E-state index is 0.00800. The summed E-state index contributed by atoms with van der Waals surface area (Å²) in [6, 6.07) is 21.7. The van der Waals surface area contributed by atoms with Crippen LogP contribution in [0.15, 0.2) is 77.7 Å². The maximum atomic E-state index is 13.2. The Labute approximate surface area is 176 Å². The first-order chi connectivity index (χ1) is 14.0. The van der Waals surface area contributed by atoms with Gasteiger partial charge in [-0.25, -0.2) is 4.39 Å². The summed E-state index contributed by atoms with van der Waals surface area (Å²) in [6.07, 6.45) is 1.70. The lowest BCUT2D eigenvalue weighted by Gasteiger charge is -2.13. The molecule has 6 heteroatoms. The van der Waals surface area contributed by atoms with Gasteiger partial charge in [0.25, 0.3) is 11.1 Å². The highest BCUT2D eigenvalue weighted by Crippen LogP contribution is 2.34. The molecule has 29 heavy (non-hydrogen) atoms. The minimum Gasteiger partial charge on any atom is -0.268 e. The van der Waals surface area contributed by atoms with Crippen LogP contribution in [0.3, 0.4) is 0 Å². The Morgan fingerprint density at radius 3 is 2.31 bits per heavy atom. The number of imide groups is 1. The van der Waals surface area contributed by atoms with Crippen LogP contribution < -0.4 is 0 Å². The van der Waals surface area contributed by atoms with Crippen molar-refractivity contribution in [1.29, 1.82) is 0 Å². The van der Waals surface area contributed by atoms with Gasteiger partial charge in [-0.15, -0.1) is 0 Å². The number of hydrogen-bond acceptors (Lipinski definition) is 3. The van der Waals surface area contributed by atoms with E-state index in [1.165, 1.54) is 18.2 Å². The lowest BCUT2D eigenvalue weighted by Crippen LogP contribution is -2.27. The number of nitrogens with zero attached hydrogens (tertiary/aromatic N) is 1. The smallest absolute Gasteiger partial charge is 0.268 e. The molecular formula is C23H15ClFNO2S. The second kappa shape index (κ2) is 8.23. The van der Waals surface area contributed by atoms with E-state index in [9.17, 15) is 14.0 Å². The number of rotatable bonds is 4. The largest absolute Gasteiger partial charge is 0.293 e. The Morgan fingerprint density at radius 2 is 1.62 bits per heavy atom. The average Bonchev–Trinajstić information content (AvgIpc) is 2.98. The van der Waals surface area contributed by atoms with Crippen molar-refractivity contribution in [3.63, 3.8) is 0 Å². The Hall–Kier alpha value is -2.89. The fraction of sp³-hybridized carbons (Fsp3) is 0.0435. The molecule has 1 aliphatic heterocycles. The van der Waals surface area contributed by atoms with E-state index >= 15 is 0 Å². The van der Waals surface area contributed by atoms with Crippen LogP contribution in [0.25, 0.3) is 17.2 Å². The van der Waals surface area contributed by atoms with Crippen molar-refractivity contribution < 1.29 is 14.0 Å². The van der Waals surface area contributed by atoms with E-state index in [2.05, 4.69) is 0 Å². The van der Waals surface area contributed by atoms with E-state index in [0.717, 1.165) is 33.4 Å². The third kappa shape index (κ3) is 4.26. The molecule has 1 saturated heterocycles. The van der Waals surface area contributed by atoms with Gasteiger partial charge in [-0.1, -0.05) is 72.3 Å². The number of amides is 2. The van der Waals surface area contributed by atoms with Gasteiger partial charge in [0.1, 0.15) is 5.82 Å². The van der Waals surface area contributed by atoms with Gasteiger partial charge in [-0.3, -0.25) is 14.5 Å². The van der Waals surface area contributed by atoms with Gasteiger partial charge in [-0.05, 0) is 52.2 Å². The van der Waals surface area contributed by atoms with Crippen LogP contribution in [-0.2, 0) is 11.3 Å². The molecule has 0 unspecified atom stereocenters. The molecule has 4 rings (SSSR count). The fourth-order valence-electron chi connectivity index (χ4n) is 3.01. The molecule has 0 atom stereocenters.